The molecule has 1 amide bonds. The summed E-state index contributed by atoms with van der Waals surface area (Å²) in [7, 11) is 0. The van der Waals surface area contributed by atoms with Crippen LogP contribution >= 0.6 is 0 Å². The van der Waals surface area contributed by atoms with Gasteiger partial charge >= 0.3 is 0 Å². The summed E-state index contributed by atoms with van der Waals surface area (Å²) in [5, 5.41) is 0. The summed E-state index contributed by atoms with van der Waals surface area (Å²) in [6.45, 7) is 8.12. The third-order valence-electron chi connectivity index (χ3n) is 5.99. The van der Waals surface area contributed by atoms with Crippen LogP contribution in [0.15, 0.2) is 36.4 Å². The molecule has 1 spiro atoms. The Hall–Kier alpha value is -1.73. The van der Waals surface area contributed by atoms with Crippen molar-refractivity contribution in [2.45, 2.75) is 18.6 Å². The van der Waals surface area contributed by atoms with Crippen molar-refractivity contribution in [3.63, 3.8) is 0 Å². The van der Waals surface area contributed by atoms with Gasteiger partial charge in [0.05, 0.1) is 19.8 Å². The normalized spacial score (nSPS) is 23.6. The number of rotatable bonds is 5. The Morgan fingerprint density at radius 2 is 1.61 bits per heavy atom. The first-order chi connectivity index (χ1) is 13.7. The minimum atomic E-state index is -0.363. The average molecular weight is 386 g/mol. The van der Waals surface area contributed by atoms with Gasteiger partial charge in [-0.2, -0.15) is 0 Å². The molecule has 152 valence electrons. The maximum absolute atomic E-state index is 12.7. The maximum Gasteiger partial charge on any atom is 0.236 e. The molecule has 0 N–H and O–H groups in total. The monoisotopic (exact) mass is 385 g/mol. The van der Waals surface area contributed by atoms with Crippen molar-refractivity contribution in [2.75, 3.05) is 65.6 Å². The minimum absolute atomic E-state index is 0.253. The van der Waals surface area contributed by atoms with Crippen LogP contribution in [0.1, 0.15) is 18.4 Å². The fourth-order valence-corrected chi connectivity index (χ4v) is 4.21. The lowest BCUT2D eigenvalue weighted by Crippen LogP contribution is -2.53. The molecule has 0 aliphatic carbocycles. The Balaban J connectivity index is 1.16. The molecule has 0 aromatic heterocycles. The third-order valence-corrected chi connectivity index (χ3v) is 5.99. The van der Waals surface area contributed by atoms with E-state index < -0.39 is 0 Å². The highest BCUT2D eigenvalue weighted by molar-refractivity contribution is 5.78. The number of nitrogens with zero attached hydrogens (tertiary/aromatic N) is 3. The highest BCUT2D eigenvalue weighted by Gasteiger charge is 2.40. The summed E-state index contributed by atoms with van der Waals surface area (Å²) in [5.41, 5.74) is 1.23. The molecule has 3 aliphatic rings. The number of piperidine rings is 1. The number of carbonyl (C=O) groups excluding carboxylic acids is 1. The lowest BCUT2D eigenvalue weighted by molar-refractivity contribution is -0.186. The zero-order valence-electron chi connectivity index (χ0n) is 16.6. The molecule has 6 heteroatoms. The Bertz CT molecular complexity index is 655. The molecule has 0 radical (unpaired) electrons. The molecule has 6 nitrogen and oxygen atoms in total. The van der Waals surface area contributed by atoms with E-state index in [0.717, 1.165) is 58.7 Å². The number of likely N-dealkylation sites (tertiary alicyclic amines) is 1. The number of piperazine rings is 1. The van der Waals surface area contributed by atoms with Crippen molar-refractivity contribution in [2.24, 2.45) is 0 Å². The van der Waals surface area contributed by atoms with Crippen LogP contribution in [0.4, 0.5) is 0 Å². The van der Waals surface area contributed by atoms with Crippen LogP contribution in [0.3, 0.4) is 0 Å². The molecule has 28 heavy (non-hydrogen) atoms. The lowest BCUT2D eigenvalue weighted by Gasteiger charge is -2.39. The predicted molar refractivity (Wildman–Crippen MR) is 109 cm³/mol. The minimum Gasteiger partial charge on any atom is -0.347 e. The first kappa shape index (κ1) is 19.6. The standard InChI is InChI=1S/C22H31N3O3/c26-21(19-24-11-8-22(9-12-24)27-17-18-28-22)25-15-13-23(14-16-25)10-4-7-20-5-2-1-3-6-20/h1-7H,8-19H2/b7-4+. The topological polar surface area (TPSA) is 45.3 Å². The van der Waals surface area contributed by atoms with E-state index in [1.807, 2.05) is 11.0 Å². The second-order valence-corrected chi connectivity index (χ2v) is 7.88. The van der Waals surface area contributed by atoms with Gasteiger partial charge < -0.3 is 14.4 Å². The number of carbonyl (C=O) groups is 1. The lowest BCUT2D eigenvalue weighted by atomic mass is 10.0. The zero-order valence-corrected chi connectivity index (χ0v) is 16.6. The predicted octanol–water partition coefficient (Wildman–Crippen LogP) is 1.68. The van der Waals surface area contributed by atoms with E-state index >= 15 is 0 Å². The molecule has 0 atom stereocenters. The summed E-state index contributed by atoms with van der Waals surface area (Å²) < 4.78 is 11.5. The molecule has 0 saturated carbocycles. The van der Waals surface area contributed by atoms with Gasteiger partial charge in [-0.25, -0.2) is 0 Å². The molecule has 1 aromatic rings. The molecular formula is C22H31N3O3. The van der Waals surface area contributed by atoms with Crippen LogP contribution < -0.4 is 0 Å². The van der Waals surface area contributed by atoms with Gasteiger partial charge in [-0.1, -0.05) is 42.5 Å². The van der Waals surface area contributed by atoms with Crippen molar-refractivity contribution in [3.8, 4) is 0 Å². The van der Waals surface area contributed by atoms with Crippen LogP contribution in [0, 0.1) is 0 Å². The van der Waals surface area contributed by atoms with E-state index in [4.69, 9.17) is 9.47 Å². The third kappa shape index (κ3) is 5.00. The van der Waals surface area contributed by atoms with Crippen LogP contribution in [0.2, 0.25) is 0 Å². The van der Waals surface area contributed by atoms with Gasteiger partial charge in [0.25, 0.3) is 0 Å². The molecule has 3 heterocycles. The fourth-order valence-electron chi connectivity index (χ4n) is 4.21. The van der Waals surface area contributed by atoms with Gasteiger partial charge in [-0.3, -0.25) is 14.6 Å². The highest BCUT2D eigenvalue weighted by atomic mass is 16.7. The van der Waals surface area contributed by atoms with Gasteiger partial charge in [-0.05, 0) is 5.56 Å². The average Bonchev–Trinajstić information content (AvgIpc) is 3.19. The summed E-state index contributed by atoms with van der Waals surface area (Å²) >= 11 is 0. The second-order valence-electron chi connectivity index (χ2n) is 7.88. The number of benzene rings is 1. The Kier molecular flexibility index (Phi) is 6.42. The largest absolute Gasteiger partial charge is 0.347 e. The number of ether oxygens (including phenoxy) is 2. The van der Waals surface area contributed by atoms with Crippen LogP contribution in [-0.4, -0.2) is 92.0 Å². The van der Waals surface area contributed by atoms with Gasteiger partial charge in [0.15, 0.2) is 5.79 Å². The van der Waals surface area contributed by atoms with Crippen molar-refractivity contribution < 1.29 is 14.3 Å². The van der Waals surface area contributed by atoms with Crippen LogP contribution in [0.25, 0.3) is 6.08 Å². The van der Waals surface area contributed by atoms with E-state index in [-0.39, 0.29) is 11.7 Å². The second kappa shape index (κ2) is 9.18. The summed E-state index contributed by atoms with van der Waals surface area (Å²) in [6, 6.07) is 10.4. The van der Waals surface area contributed by atoms with Gasteiger partial charge in [0.1, 0.15) is 0 Å². The van der Waals surface area contributed by atoms with E-state index in [1.54, 1.807) is 0 Å². The van der Waals surface area contributed by atoms with Gasteiger partial charge in [-0.15, -0.1) is 0 Å². The van der Waals surface area contributed by atoms with E-state index in [0.29, 0.717) is 19.8 Å². The Morgan fingerprint density at radius 1 is 0.929 bits per heavy atom. The van der Waals surface area contributed by atoms with E-state index in [1.165, 1.54) is 5.56 Å². The number of hydrogen-bond donors (Lipinski definition) is 0. The number of hydrogen-bond acceptors (Lipinski definition) is 5. The quantitative estimate of drug-likeness (QED) is 0.772. The van der Waals surface area contributed by atoms with Crippen molar-refractivity contribution in [3.05, 3.63) is 42.0 Å². The molecule has 3 saturated heterocycles. The fraction of sp³-hybridized carbons (Fsp3) is 0.591. The van der Waals surface area contributed by atoms with Gasteiger partial charge in [0.2, 0.25) is 5.91 Å². The first-order valence-electron chi connectivity index (χ1n) is 10.4. The molecule has 0 unspecified atom stereocenters. The zero-order chi connectivity index (χ0) is 19.2. The summed E-state index contributed by atoms with van der Waals surface area (Å²) in [4.78, 5) is 19.3. The van der Waals surface area contributed by atoms with Gasteiger partial charge in [0, 0.05) is 58.7 Å². The van der Waals surface area contributed by atoms with Crippen LogP contribution in [-0.2, 0) is 14.3 Å². The van der Waals surface area contributed by atoms with Crippen molar-refractivity contribution in [1.82, 2.24) is 14.7 Å². The SMILES string of the molecule is O=C(CN1CCC2(CC1)OCCO2)N1CCN(C/C=C/c2ccccc2)CC1. The number of amides is 1. The summed E-state index contributed by atoms with van der Waals surface area (Å²) in [6.07, 6.45) is 6.10. The molecular weight excluding hydrogens is 354 g/mol. The molecule has 0 bridgehead atoms. The molecule has 1 aromatic carbocycles. The van der Waals surface area contributed by atoms with Crippen molar-refractivity contribution >= 4 is 12.0 Å². The molecule has 4 rings (SSSR count). The van der Waals surface area contributed by atoms with Crippen molar-refractivity contribution in [1.29, 1.82) is 0 Å². The summed E-state index contributed by atoms with van der Waals surface area (Å²) in [5.74, 6) is -0.109. The first-order valence-corrected chi connectivity index (χ1v) is 10.4. The Labute approximate surface area is 167 Å². The molecule has 3 fully saturated rings. The van der Waals surface area contributed by atoms with Crippen LogP contribution in [0.5, 0.6) is 0 Å². The highest BCUT2D eigenvalue weighted by Crippen LogP contribution is 2.31. The Morgan fingerprint density at radius 3 is 2.29 bits per heavy atom. The maximum atomic E-state index is 12.7. The van der Waals surface area contributed by atoms with E-state index in [2.05, 4.69) is 46.2 Å². The molecule has 3 aliphatic heterocycles. The van der Waals surface area contributed by atoms with E-state index in [9.17, 15) is 4.79 Å². The smallest absolute Gasteiger partial charge is 0.236 e.